The van der Waals surface area contributed by atoms with Crippen LogP contribution in [0.25, 0.3) is 0 Å². The van der Waals surface area contributed by atoms with Gasteiger partial charge in [0.15, 0.2) is 0 Å². The zero-order chi connectivity index (χ0) is 11.3. The topological polar surface area (TPSA) is 35.5 Å². The van der Waals surface area contributed by atoms with E-state index in [9.17, 15) is 4.79 Å². The second-order valence-corrected chi connectivity index (χ2v) is 3.06. The molecule has 0 radical (unpaired) electrons. The Kier molecular flexibility index (Phi) is 3.92. The summed E-state index contributed by atoms with van der Waals surface area (Å²) < 4.78 is 9.96. The fraction of sp³-hybridized carbons (Fsp3) is 0.250. The van der Waals surface area contributed by atoms with Gasteiger partial charge in [-0.05, 0) is 37.6 Å². The van der Waals surface area contributed by atoms with Gasteiger partial charge in [0.1, 0.15) is 5.75 Å². The summed E-state index contributed by atoms with van der Waals surface area (Å²) in [7, 11) is 1.32. The molecule has 0 amide bonds. The lowest BCUT2D eigenvalue weighted by atomic mass is 10.2. The molecule has 80 valence electrons. The molecule has 1 rings (SSSR count). The number of aryl methyl sites for hydroxylation is 1. The molecule has 0 bridgehead atoms. The third kappa shape index (κ3) is 3.13. The van der Waals surface area contributed by atoms with Crippen LogP contribution in [0.15, 0.2) is 36.1 Å². The maximum Gasteiger partial charge on any atom is 0.373 e. The van der Waals surface area contributed by atoms with Crippen LogP contribution in [0, 0.1) is 6.92 Å². The summed E-state index contributed by atoms with van der Waals surface area (Å²) in [5, 5.41) is 0. The highest BCUT2D eigenvalue weighted by Crippen LogP contribution is 2.16. The molecule has 0 aliphatic carbocycles. The fourth-order valence-electron chi connectivity index (χ4n) is 1.12. The van der Waals surface area contributed by atoms with E-state index < -0.39 is 5.97 Å². The number of hydrogen-bond acceptors (Lipinski definition) is 3. The number of esters is 1. The van der Waals surface area contributed by atoms with Crippen LogP contribution in [-0.2, 0) is 9.53 Å². The lowest BCUT2D eigenvalue weighted by Gasteiger charge is -2.07. The van der Waals surface area contributed by atoms with Crippen molar-refractivity contribution in [2.75, 3.05) is 7.11 Å². The second kappa shape index (κ2) is 5.20. The summed E-state index contributed by atoms with van der Waals surface area (Å²) in [5.41, 5.74) is 1.08. The van der Waals surface area contributed by atoms with E-state index in [-0.39, 0.29) is 5.76 Å². The first kappa shape index (κ1) is 11.3. The summed E-state index contributed by atoms with van der Waals surface area (Å²) in [6.45, 7) is 3.68. The summed E-state index contributed by atoms with van der Waals surface area (Å²) in [6, 6.07) is 7.47. The van der Waals surface area contributed by atoms with E-state index in [0.29, 0.717) is 5.75 Å². The first-order valence-electron chi connectivity index (χ1n) is 4.66. The van der Waals surface area contributed by atoms with Crippen LogP contribution >= 0.6 is 0 Å². The highest BCUT2D eigenvalue weighted by Gasteiger charge is 2.10. The Morgan fingerprint density at radius 1 is 1.40 bits per heavy atom. The van der Waals surface area contributed by atoms with Crippen LogP contribution in [0.3, 0.4) is 0 Å². The molecule has 3 nitrogen and oxygen atoms in total. The van der Waals surface area contributed by atoms with Gasteiger partial charge in [-0.25, -0.2) is 4.79 Å². The largest absolute Gasteiger partial charge is 0.463 e. The molecule has 0 fully saturated rings. The van der Waals surface area contributed by atoms with Gasteiger partial charge < -0.3 is 9.47 Å². The fourth-order valence-corrected chi connectivity index (χ4v) is 1.12. The molecular formula is C12H14O3. The number of hydrogen-bond donors (Lipinski definition) is 0. The van der Waals surface area contributed by atoms with E-state index in [0.717, 1.165) is 5.56 Å². The van der Waals surface area contributed by atoms with E-state index in [1.807, 2.05) is 25.1 Å². The van der Waals surface area contributed by atoms with Crippen molar-refractivity contribution in [3.05, 3.63) is 41.7 Å². The van der Waals surface area contributed by atoms with Crippen LogP contribution < -0.4 is 4.74 Å². The Labute approximate surface area is 89.3 Å². The maximum atomic E-state index is 11.2. The van der Waals surface area contributed by atoms with Gasteiger partial charge in [-0.2, -0.15) is 0 Å². The minimum Gasteiger partial charge on any atom is -0.463 e. The second-order valence-electron chi connectivity index (χ2n) is 3.06. The lowest BCUT2D eigenvalue weighted by molar-refractivity contribution is -0.138. The summed E-state index contributed by atoms with van der Waals surface area (Å²) >= 11 is 0. The molecule has 0 unspecified atom stereocenters. The number of methoxy groups -OCH3 is 1. The molecule has 0 saturated carbocycles. The number of benzene rings is 1. The van der Waals surface area contributed by atoms with Crippen LogP contribution in [0.2, 0.25) is 0 Å². The number of carbonyl (C=O) groups is 1. The smallest absolute Gasteiger partial charge is 0.373 e. The van der Waals surface area contributed by atoms with Crippen molar-refractivity contribution in [3.63, 3.8) is 0 Å². The van der Waals surface area contributed by atoms with Gasteiger partial charge in [0.2, 0.25) is 5.76 Å². The molecule has 0 aliphatic rings. The van der Waals surface area contributed by atoms with Crippen molar-refractivity contribution in [2.45, 2.75) is 13.8 Å². The molecule has 15 heavy (non-hydrogen) atoms. The summed E-state index contributed by atoms with van der Waals surface area (Å²) in [5.74, 6) is 0.357. The number of carbonyl (C=O) groups excluding carboxylic acids is 1. The highest BCUT2D eigenvalue weighted by atomic mass is 16.6. The summed E-state index contributed by atoms with van der Waals surface area (Å²) in [4.78, 5) is 11.2. The van der Waals surface area contributed by atoms with E-state index in [2.05, 4.69) is 4.74 Å². The average Bonchev–Trinajstić information content (AvgIpc) is 2.25. The standard InChI is InChI=1S/C12H14O3/c1-4-11(12(13)14-3)15-10-7-5-6-9(2)8-10/h4-8H,1-3H3. The average molecular weight is 206 g/mol. The summed E-state index contributed by atoms with van der Waals surface area (Å²) in [6.07, 6.45) is 1.58. The third-order valence-corrected chi connectivity index (χ3v) is 1.87. The first-order valence-corrected chi connectivity index (χ1v) is 4.66. The van der Waals surface area contributed by atoms with E-state index in [1.165, 1.54) is 7.11 Å². The molecule has 0 aliphatic heterocycles. The number of allylic oxidation sites excluding steroid dienone is 1. The van der Waals surface area contributed by atoms with Gasteiger partial charge in [0.05, 0.1) is 7.11 Å². The Morgan fingerprint density at radius 2 is 2.13 bits per heavy atom. The molecular weight excluding hydrogens is 192 g/mol. The highest BCUT2D eigenvalue weighted by molar-refractivity contribution is 5.86. The van der Waals surface area contributed by atoms with E-state index in [4.69, 9.17) is 4.74 Å². The lowest BCUT2D eigenvalue weighted by Crippen LogP contribution is -2.10. The van der Waals surface area contributed by atoms with Gasteiger partial charge in [0, 0.05) is 0 Å². The minimum atomic E-state index is -0.473. The van der Waals surface area contributed by atoms with Gasteiger partial charge in [0.25, 0.3) is 0 Å². The predicted octanol–water partition coefficient (Wildman–Crippen LogP) is 2.45. The Balaban J connectivity index is 2.81. The number of ether oxygens (including phenoxy) is 2. The van der Waals surface area contributed by atoms with E-state index >= 15 is 0 Å². The molecule has 3 heteroatoms. The Hall–Kier alpha value is -1.77. The van der Waals surface area contributed by atoms with Crippen LogP contribution in [0.5, 0.6) is 5.75 Å². The number of rotatable bonds is 3. The van der Waals surface area contributed by atoms with Crippen LogP contribution in [0.4, 0.5) is 0 Å². The van der Waals surface area contributed by atoms with Gasteiger partial charge in [-0.3, -0.25) is 0 Å². The van der Waals surface area contributed by atoms with Crippen molar-refractivity contribution in [2.24, 2.45) is 0 Å². The monoisotopic (exact) mass is 206 g/mol. The molecule has 0 heterocycles. The first-order chi connectivity index (χ1) is 7.17. The SMILES string of the molecule is CC=C(Oc1cccc(C)c1)C(=O)OC. The Morgan fingerprint density at radius 3 is 2.67 bits per heavy atom. The minimum absolute atomic E-state index is 0.197. The molecule has 0 atom stereocenters. The quantitative estimate of drug-likeness (QED) is 0.433. The predicted molar refractivity (Wildman–Crippen MR) is 57.6 cm³/mol. The van der Waals surface area contributed by atoms with Crippen LogP contribution in [0.1, 0.15) is 12.5 Å². The third-order valence-electron chi connectivity index (χ3n) is 1.87. The van der Waals surface area contributed by atoms with Crippen molar-refractivity contribution in [3.8, 4) is 5.75 Å². The maximum absolute atomic E-state index is 11.2. The molecule has 1 aromatic rings. The van der Waals surface area contributed by atoms with Crippen molar-refractivity contribution in [1.82, 2.24) is 0 Å². The van der Waals surface area contributed by atoms with Gasteiger partial charge >= 0.3 is 5.97 Å². The molecule has 0 aromatic heterocycles. The molecule has 1 aromatic carbocycles. The van der Waals surface area contributed by atoms with Gasteiger partial charge in [-0.15, -0.1) is 0 Å². The van der Waals surface area contributed by atoms with Gasteiger partial charge in [-0.1, -0.05) is 12.1 Å². The van der Waals surface area contributed by atoms with Crippen LogP contribution in [-0.4, -0.2) is 13.1 Å². The zero-order valence-electron chi connectivity index (χ0n) is 9.11. The Bertz CT molecular complexity index is 380. The van der Waals surface area contributed by atoms with E-state index in [1.54, 1.807) is 19.1 Å². The normalized spacial score (nSPS) is 11.0. The zero-order valence-corrected chi connectivity index (χ0v) is 9.11. The molecule has 0 spiro atoms. The molecule has 0 N–H and O–H groups in total. The molecule has 0 saturated heterocycles. The van der Waals surface area contributed by atoms with Crippen molar-refractivity contribution < 1.29 is 14.3 Å². The van der Waals surface area contributed by atoms with Crippen molar-refractivity contribution in [1.29, 1.82) is 0 Å². The van der Waals surface area contributed by atoms with Crippen molar-refractivity contribution >= 4 is 5.97 Å².